The molecule has 0 atom stereocenters. The smallest absolute Gasteiger partial charge is 0.269 e. The fraction of sp³-hybridized carbons (Fsp3) is 0.318. The Morgan fingerprint density at radius 2 is 1.83 bits per heavy atom. The molecule has 0 saturated carbocycles. The molecule has 2 aromatic carbocycles. The molecule has 7 heteroatoms. The molecule has 0 aliphatic carbocycles. The Balaban J connectivity index is 1.42. The van der Waals surface area contributed by atoms with Crippen molar-refractivity contribution in [3.63, 3.8) is 0 Å². The van der Waals surface area contributed by atoms with Gasteiger partial charge in [0.15, 0.2) is 0 Å². The minimum absolute atomic E-state index is 0.0352. The Morgan fingerprint density at radius 1 is 1.17 bits per heavy atom. The van der Waals surface area contributed by atoms with E-state index in [1.165, 1.54) is 23.8 Å². The highest BCUT2D eigenvalue weighted by Gasteiger charge is 2.20. The molecule has 2 aromatic rings. The highest BCUT2D eigenvalue weighted by atomic mass is 16.6. The van der Waals surface area contributed by atoms with Crippen molar-refractivity contribution in [3.05, 3.63) is 75.8 Å². The second-order valence-corrected chi connectivity index (χ2v) is 7.09. The molecular weight excluding hydrogens is 370 g/mol. The van der Waals surface area contributed by atoms with Gasteiger partial charge in [-0.25, -0.2) is 0 Å². The maximum atomic E-state index is 12.2. The van der Waals surface area contributed by atoms with Crippen LogP contribution in [0.3, 0.4) is 0 Å². The van der Waals surface area contributed by atoms with Crippen molar-refractivity contribution in [3.8, 4) is 5.75 Å². The Morgan fingerprint density at radius 3 is 2.41 bits per heavy atom. The lowest BCUT2D eigenvalue weighted by Gasteiger charge is -2.32. The van der Waals surface area contributed by atoms with Gasteiger partial charge in [0.2, 0.25) is 5.91 Å². The van der Waals surface area contributed by atoms with Gasteiger partial charge in [-0.2, -0.15) is 0 Å². The molecular formula is C22H25N3O4. The average Bonchev–Trinajstić information content (AvgIpc) is 2.74. The summed E-state index contributed by atoms with van der Waals surface area (Å²) >= 11 is 0. The van der Waals surface area contributed by atoms with Crippen molar-refractivity contribution < 1.29 is 14.5 Å². The number of hydrogen-bond acceptors (Lipinski definition) is 5. The number of likely N-dealkylation sites (tertiary alicyclic amines) is 1. The van der Waals surface area contributed by atoms with Crippen LogP contribution in [0.1, 0.15) is 24.0 Å². The van der Waals surface area contributed by atoms with Crippen molar-refractivity contribution in [2.24, 2.45) is 0 Å². The molecule has 1 aliphatic heterocycles. The van der Waals surface area contributed by atoms with E-state index >= 15 is 0 Å². The van der Waals surface area contributed by atoms with E-state index in [1.807, 2.05) is 12.1 Å². The number of methoxy groups -OCH3 is 1. The molecule has 1 heterocycles. The molecule has 1 amide bonds. The fourth-order valence-electron chi connectivity index (χ4n) is 3.35. The minimum Gasteiger partial charge on any atom is -0.497 e. The van der Waals surface area contributed by atoms with Gasteiger partial charge in [-0.15, -0.1) is 0 Å². The van der Waals surface area contributed by atoms with Gasteiger partial charge in [0.1, 0.15) is 5.75 Å². The predicted octanol–water partition coefficient (Wildman–Crippen LogP) is 3.40. The number of nitro groups is 1. The largest absolute Gasteiger partial charge is 0.497 e. The van der Waals surface area contributed by atoms with E-state index in [9.17, 15) is 14.9 Å². The van der Waals surface area contributed by atoms with Crippen molar-refractivity contribution in [2.45, 2.75) is 25.4 Å². The van der Waals surface area contributed by atoms with Gasteiger partial charge in [-0.05, 0) is 54.3 Å². The topological polar surface area (TPSA) is 84.7 Å². The first kappa shape index (κ1) is 20.5. The van der Waals surface area contributed by atoms with Crippen LogP contribution in [0.4, 0.5) is 5.69 Å². The fourth-order valence-corrected chi connectivity index (χ4v) is 3.35. The zero-order chi connectivity index (χ0) is 20.6. The number of carbonyl (C=O) groups excluding carboxylic acids is 1. The van der Waals surface area contributed by atoms with Gasteiger partial charge in [0, 0.05) is 43.9 Å². The molecule has 29 heavy (non-hydrogen) atoms. The van der Waals surface area contributed by atoms with Crippen LogP contribution in [-0.2, 0) is 11.3 Å². The molecule has 0 radical (unpaired) electrons. The summed E-state index contributed by atoms with van der Waals surface area (Å²) in [5.74, 6) is 0.717. The van der Waals surface area contributed by atoms with Gasteiger partial charge in [0.25, 0.3) is 5.69 Å². The summed E-state index contributed by atoms with van der Waals surface area (Å²) in [5.41, 5.74) is 2.03. The van der Waals surface area contributed by atoms with Crippen LogP contribution in [-0.4, -0.2) is 42.0 Å². The van der Waals surface area contributed by atoms with Crippen LogP contribution in [0, 0.1) is 10.1 Å². The molecule has 0 aromatic heterocycles. The molecule has 1 fully saturated rings. The highest BCUT2D eigenvalue weighted by molar-refractivity contribution is 5.91. The highest BCUT2D eigenvalue weighted by Crippen LogP contribution is 2.17. The van der Waals surface area contributed by atoms with Crippen LogP contribution < -0.4 is 10.1 Å². The number of ether oxygens (including phenoxy) is 1. The number of nitrogens with zero attached hydrogens (tertiary/aromatic N) is 2. The number of hydrogen-bond donors (Lipinski definition) is 1. The normalized spacial score (nSPS) is 15.3. The minimum atomic E-state index is -0.443. The summed E-state index contributed by atoms with van der Waals surface area (Å²) in [6.07, 6.45) is 4.96. The molecule has 0 unspecified atom stereocenters. The molecule has 0 bridgehead atoms. The first-order valence-corrected chi connectivity index (χ1v) is 9.62. The van der Waals surface area contributed by atoms with E-state index in [4.69, 9.17) is 4.74 Å². The van der Waals surface area contributed by atoms with Crippen LogP contribution in [0.25, 0.3) is 6.08 Å². The molecule has 0 spiro atoms. The van der Waals surface area contributed by atoms with Crippen LogP contribution >= 0.6 is 0 Å². The summed E-state index contributed by atoms with van der Waals surface area (Å²) in [4.78, 5) is 24.8. The summed E-state index contributed by atoms with van der Waals surface area (Å²) in [5, 5.41) is 13.7. The standard InChI is InChI=1S/C22H25N3O4/c1-29-21-9-4-18(5-10-21)16-24-14-12-19(13-15-24)23-22(26)11-6-17-2-7-20(8-3-17)25(27)28/h2-11,19H,12-16H2,1H3,(H,23,26)/b11-6+. The van der Waals surface area contributed by atoms with Gasteiger partial charge in [-0.3, -0.25) is 19.8 Å². The Labute approximate surface area is 170 Å². The van der Waals surface area contributed by atoms with Crippen molar-refractivity contribution in [1.82, 2.24) is 10.2 Å². The number of nitrogens with one attached hydrogen (secondary N) is 1. The number of benzene rings is 2. The van der Waals surface area contributed by atoms with Crippen LogP contribution in [0.5, 0.6) is 5.75 Å². The zero-order valence-corrected chi connectivity index (χ0v) is 16.4. The monoisotopic (exact) mass is 395 g/mol. The Bertz CT molecular complexity index is 855. The van der Waals surface area contributed by atoms with Gasteiger partial charge >= 0.3 is 0 Å². The van der Waals surface area contributed by atoms with E-state index in [0.717, 1.165) is 43.8 Å². The number of amides is 1. The number of non-ortho nitro benzene ring substituents is 1. The summed E-state index contributed by atoms with van der Waals surface area (Å²) < 4.78 is 5.19. The second-order valence-electron chi connectivity index (χ2n) is 7.09. The third-order valence-electron chi connectivity index (χ3n) is 5.03. The summed E-state index contributed by atoms with van der Waals surface area (Å²) in [6, 6.07) is 14.4. The molecule has 152 valence electrons. The van der Waals surface area contributed by atoms with Crippen molar-refractivity contribution in [1.29, 1.82) is 0 Å². The maximum absolute atomic E-state index is 12.2. The molecule has 1 saturated heterocycles. The van der Waals surface area contributed by atoms with E-state index < -0.39 is 4.92 Å². The average molecular weight is 395 g/mol. The Kier molecular flexibility index (Phi) is 6.97. The quantitative estimate of drug-likeness (QED) is 0.441. The molecule has 3 rings (SSSR count). The SMILES string of the molecule is COc1ccc(CN2CCC(NC(=O)/C=C/c3ccc([N+](=O)[O-])cc3)CC2)cc1. The van der Waals surface area contributed by atoms with Gasteiger partial charge < -0.3 is 10.1 Å². The zero-order valence-electron chi connectivity index (χ0n) is 16.4. The lowest BCUT2D eigenvalue weighted by Crippen LogP contribution is -2.43. The maximum Gasteiger partial charge on any atom is 0.269 e. The lowest BCUT2D eigenvalue weighted by molar-refractivity contribution is -0.384. The lowest BCUT2D eigenvalue weighted by atomic mass is 10.0. The van der Waals surface area contributed by atoms with E-state index in [2.05, 4.69) is 22.3 Å². The number of rotatable bonds is 7. The van der Waals surface area contributed by atoms with Gasteiger partial charge in [-0.1, -0.05) is 12.1 Å². The predicted molar refractivity (Wildman–Crippen MR) is 112 cm³/mol. The third kappa shape index (κ3) is 6.15. The molecule has 1 aliphatic rings. The van der Waals surface area contributed by atoms with E-state index in [0.29, 0.717) is 0 Å². The molecule has 1 N–H and O–H groups in total. The third-order valence-corrected chi connectivity index (χ3v) is 5.03. The van der Waals surface area contributed by atoms with Crippen molar-refractivity contribution in [2.75, 3.05) is 20.2 Å². The van der Waals surface area contributed by atoms with E-state index in [1.54, 1.807) is 25.3 Å². The Hall–Kier alpha value is -3.19. The summed E-state index contributed by atoms with van der Waals surface area (Å²) in [6.45, 7) is 2.76. The first-order valence-electron chi connectivity index (χ1n) is 9.62. The molecule has 7 nitrogen and oxygen atoms in total. The van der Waals surface area contributed by atoms with Gasteiger partial charge in [0.05, 0.1) is 12.0 Å². The van der Waals surface area contributed by atoms with Crippen LogP contribution in [0.15, 0.2) is 54.6 Å². The number of piperidine rings is 1. The van der Waals surface area contributed by atoms with Crippen molar-refractivity contribution >= 4 is 17.7 Å². The number of carbonyl (C=O) groups is 1. The van der Waals surface area contributed by atoms with E-state index in [-0.39, 0.29) is 17.6 Å². The first-order chi connectivity index (χ1) is 14.0. The second kappa shape index (κ2) is 9.84. The van der Waals surface area contributed by atoms with Crippen LogP contribution in [0.2, 0.25) is 0 Å². The summed E-state index contributed by atoms with van der Waals surface area (Å²) in [7, 11) is 1.66. The number of nitro benzene ring substituents is 1.